The first-order valence-electron chi connectivity index (χ1n) is 12.4. The Bertz CT molecular complexity index is 1360. The Morgan fingerprint density at radius 2 is 1.86 bits per heavy atom. The number of nitrogens with zero attached hydrogens (tertiary/aromatic N) is 1. The van der Waals surface area contributed by atoms with Gasteiger partial charge in [0.15, 0.2) is 0 Å². The minimum atomic E-state index is -0.722. The van der Waals surface area contributed by atoms with Crippen LogP contribution in [0.3, 0.4) is 0 Å². The molecule has 188 valence electrons. The average molecular weight is 496 g/mol. The van der Waals surface area contributed by atoms with E-state index in [1.165, 1.54) is 0 Å². The normalized spacial score (nSPS) is 20.0. The van der Waals surface area contributed by atoms with Gasteiger partial charge in [0, 0.05) is 18.5 Å². The fourth-order valence-electron chi connectivity index (χ4n) is 4.98. The van der Waals surface area contributed by atoms with E-state index in [0.29, 0.717) is 30.9 Å². The Hall–Kier alpha value is -4.32. The van der Waals surface area contributed by atoms with Crippen molar-refractivity contribution in [1.29, 1.82) is 0 Å². The number of carbonyl (C=O) groups excluding carboxylic acids is 2. The third-order valence-corrected chi connectivity index (χ3v) is 6.76. The lowest BCUT2D eigenvalue weighted by Gasteiger charge is -2.25. The highest BCUT2D eigenvalue weighted by atomic mass is 16.5. The second-order valence-electron chi connectivity index (χ2n) is 9.35. The molecular weight excluding hydrogens is 466 g/mol. The standard InChI is InChI=1S/C31H29NO5/c1-3-17-36-25-12-9-22(10-13-25)28-27(29(33)23-11-14-26-24(19-23)18-20(2)37-26)30(34)31(35)32(28)16-15-21-7-5-4-6-8-21/h3-14,19-20,28,33H,1,15-18H2,2H3/t20-,28-/m0/s1. The molecule has 2 aliphatic heterocycles. The van der Waals surface area contributed by atoms with Crippen molar-refractivity contribution in [3.05, 3.63) is 113 Å². The molecule has 0 radical (unpaired) electrons. The predicted molar refractivity (Wildman–Crippen MR) is 142 cm³/mol. The van der Waals surface area contributed by atoms with Gasteiger partial charge in [-0.05, 0) is 60.4 Å². The molecule has 0 saturated carbocycles. The van der Waals surface area contributed by atoms with E-state index in [1.54, 1.807) is 35.2 Å². The average Bonchev–Trinajstić information content (AvgIpc) is 3.42. The zero-order valence-corrected chi connectivity index (χ0v) is 20.7. The summed E-state index contributed by atoms with van der Waals surface area (Å²) in [6.45, 7) is 6.35. The second-order valence-corrected chi connectivity index (χ2v) is 9.35. The number of ether oxygens (including phenoxy) is 2. The monoisotopic (exact) mass is 495 g/mol. The van der Waals surface area contributed by atoms with Crippen molar-refractivity contribution in [1.82, 2.24) is 4.90 Å². The van der Waals surface area contributed by atoms with Gasteiger partial charge in [0.25, 0.3) is 11.7 Å². The number of hydrogen-bond donors (Lipinski definition) is 1. The van der Waals surface area contributed by atoms with E-state index < -0.39 is 17.7 Å². The van der Waals surface area contributed by atoms with E-state index in [4.69, 9.17) is 9.47 Å². The van der Waals surface area contributed by atoms with Crippen LogP contribution in [-0.2, 0) is 22.4 Å². The molecule has 2 atom stereocenters. The molecule has 1 N–H and O–H groups in total. The molecule has 1 saturated heterocycles. The van der Waals surface area contributed by atoms with Crippen molar-refractivity contribution in [2.45, 2.75) is 31.9 Å². The van der Waals surface area contributed by atoms with Gasteiger partial charge in [-0.2, -0.15) is 0 Å². The largest absolute Gasteiger partial charge is 0.507 e. The smallest absolute Gasteiger partial charge is 0.295 e. The Kier molecular flexibility index (Phi) is 6.82. The van der Waals surface area contributed by atoms with Gasteiger partial charge >= 0.3 is 0 Å². The summed E-state index contributed by atoms with van der Waals surface area (Å²) in [5.41, 5.74) is 3.33. The lowest BCUT2D eigenvalue weighted by Crippen LogP contribution is -2.31. The third kappa shape index (κ3) is 4.87. The first-order valence-corrected chi connectivity index (χ1v) is 12.4. The maximum absolute atomic E-state index is 13.4. The molecular formula is C31H29NO5. The SMILES string of the molecule is C=CCOc1ccc([C@H]2C(=C(O)c3ccc4c(c3)C[C@H](C)O4)C(=O)C(=O)N2CCc2ccccc2)cc1. The molecule has 37 heavy (non-hydrogen) atoms. The maximum Gasteiger partial charge on any atom is 0.295 e. The van der Waals surface area contributed by atoms with Gasteiger partial charge in [-0.25, -0.2) is 0 Å². The first kappa shape index (κ1) is 24.4. The van der Waals surface area contributed by atoms with Crippen LogP contribution in [0.2, 0.25) is 0 Å². The summed E-state index contributed by atoms with van der Waals surface area (Å²) in [5.74, 6) is -0.0585. The molecule has 0 unspecified atom stereocenters. The molecule has 0 bridgehead atoms. The van der Waals surface area contributed by atoms with Gasteiger partial charge < -0.3 is 19.5 Å². The van der Waals surface area contributed by atoms with Crippen LogP contribution < -0.4 is 9.47 Å². The van der Waals surface area contributed by atoms with Crippen LogP contribution in [0.1, 0.15) is 35.2 Å². The summed E-state index contributed by atoms with van der Waals surface area (Å²) in [4.78, 5) is 28.2. The number of rotatable bonds is 8. The van der Waals surface area contributed by atoms with Crippen molar-refractivity contribution < 1.29 is 24.2 Å². The van der Waals surface area contributed by atoms with Crippen LogP contribution in [0.15, 0.2) is 91.0 Å². The zero-order chi connectivity index (χ0) is 25.9. The van der Waals surface area contributed by atoms with Crippen molar-refractivity contribution in [3.63, 3.8) is 0 Å². The molecule has 0 aromatic heterocycles. The number of likely N-dealkylation sites (tertiary alicyclic amines) is 1. The van der Waals surface area contributed by atoms with E-state index in [1.807, 2.05) is 55.5 Å². The van der Waals surface area contributed by atoms with Crippen LogP contribution in [0.5, 0.6) is 11.5 Å². The van der Waals surface area contributed by atoms with Crippen molar-refractivity contribution in [2.75, 3.05) is 13.2 Å². The minimum absolute atomic E-state index is 0.0535. The molecule has 2 aliphatic rings. The molecule has 0 aliphatic carbocycles. The molecule has 3 aromatic carbocycles. The number of aliphatic hydroxyl groups excluding tert-OH is 1. The highest BCUT2D eigenvalue weighted by Crippen LogP contribution is 2.41. The van der Waals surface area contributed by atoms with Crippen molar-refractivity contribution in [3.8, 4) is 11.5 Å². The summed E-state index contributed by atoms with van der Waals surface area (Å²) in [6.07, 6.45) is 3.02. The molecule has 6 nitrogen and oxygen atoms in total. The van der Waals surface area contributed by atoms with Crippen LogP contribution in [0.4, 0.5) is 0 Å². The second kappa shape index (κ2) is 10.3. The van der Waals surface area contributed by atoms with E-state index in [0.717, 1.165) is 28.9 Å². The number of benzene rings is 3. The van der Waals surface area contributed by atoms with E-state index in [2.05, 4.69) is 6.58 Å². The van der Waals surface area contributed by atoms with Gasteiger partial charge in [0.05, 0.1) is 11.6 Å². The Morgan fingerprint density at radius 1 is 1.11 bits per heavy atom. The minimum Gasteiger partial charge on any atom is -0.507 e. The van der Waals surface area contributed by atoms with Gasteiger partial charge in [0.1, 0.15) is 30.0 Å². The summed E-state index contributed by atoms with van der Waals surface area (Å²) in [6, 6.07) is 21.7. The number of fused-ring (bicyclic) bond motifs is 1. The molecule has 2 heterocycles. The van der Waals surface area contributed by atoms with Gasteiger partial charge in [-0.1, -0.05) is 55.1 Å². The van der Waals surface area contributed by atoms with Crippen molar-refractivity contribution >= 4 is 17.4 Å². The predicted octanol–water partition coefficient (Wildman–Crippen LogP) is 5.24. The number of ketones is 1. The lowest BCUT2D eigenvalue weighted by molar-refractivity contribution is -0.139. The van der Waals surface area contributed by atoms with Crippen LogP contribution in [0.25, 0.3) is 5.76 Å². The summed E-state index contributed by atoms with van der Waals surface area (Å²) >= 11 is 0. The summed E-state index contributed by atoms with van der Waals surface area (Å²) in [5, 5.41) is 11.4. The van der Waals surface area contributed by atoms with Crippen LogP contribution in [0, 0.1) is 0 Å². The molecule has 5 rings (SSSR count). The van der Waals surface area contributed by atoms with Gasteiger partial charge in [-0.15, -0.1) is 0 Å². The van der Waals surface area contributed by atoms with Crippen molar-refractivity contribution in [2.24, 2.45) is 0 Å². The van der Waals surface area contributed by atoms with Crippen LogP contribution in [-0.4, -0.2) is 41.0 Å². The Labute approximate surface area is 216 Å². The Morgan fingerprint density at radius 3 is 2.59 bits per heavy atom. The molecule has 0 spiro atoms. The fraction of sp³-hybridized carbons (Fsp3) is 0.226. The molecule has 6 heteroatoms. The van der Waals surface area contributed by atoms with Gasteiger partial charge in [-0.3, -0.25) is 9.59 Å². The fourth-order valence-corrected chi connectivity index (χ4v) is 4.98. The number of aliphatic hydroxyl groups is 1. The number of carbonyl (C=O) groups is 2. The highest BCUT2D eigenvalue weighted by molar-refractivity contribution is 6.46. The van der Waals surface area contributed by atoms with E-state index in [9.17, 15) is 14.7 Å². The number of Topliss-reactive ketones (excluding diaryl/α,β-unsaturated/α-hetero) is 1. The maximum atomic E-state index is 13.4. The Balaban J connectivity index is 1.54. The topological polar surface area (TPSA) is 76.1 Å². The quantitative estimate of drug-likeness (QED) is 0.200. The van der Waals surface area contributed by atoms with Gasteiger partial charge in [0.2, 0.25) is 0 Å². The number of amides is 1. The van der Waals surface area contributed by atoms with E-state index in [-0.39, 0.29) is 17.4 Å². The number of hydrogen-bond acceptors (Lipinski definition) is 5. The summed E-state index contributed by atoms with van der Waals surface area (Å²) < 4.78 is 11.4. The lowest BCUT2D eigenvalue weighted by atomic mass is 9.94. The first-order chi connectivity index (χ1) is 18.0. The summed E-state index contributed by atoms with van der Waals surface area (Å²) in [7, 11) is 0. The van der Waals surface area contributed by atoms with Crippen LogP contribution >= 0.6 is 0 Å². The molecule has 1 amide bonds. The molecule has 3 aromatic rings. The van der Waals surface area contributed by atoms with E-state index >= 15 is 0 Å². The zero-order valence-electron chi connectivity index (χ0n) is 20.7. The highest BCUT2D eigenvalue weighted by Gasteiger charge is 2.46. The molecule has 1 fully saturated rings. The third-order valence-electron chi connectivity index (χ3n) is 6.76.